The number of hydrogen-bond donors (Lipinski definition) is 1. The van der Waals surface area contributed by atoms with Crippen LogP contribution in [0.25, 0.3) is 0 Å². The standard InChI is InChI=1S/C18H16N2O4/c21-17(9-12-4-5-15-16(8-12)24-11-23-15)19-13-2-1-3-14(10-13)20-7-6-18(20)22/h1-5,8,10H,6-7,9,11H2,(H,19,21). The summed E-state index contributed by atoms with van der Waals surface area (Å²) in [4.78, 5) is 25.5. The van der Waals surface area contributed by atoms with E-state index >= 15 is 0 Å². The Labute approximate surface area is 139 Å². The van der Waals surface area contributed by atoms with Crippen molar-refractivity contribution in [1.29, 1.82) is 0 Å². The lowest BCUT2D eigenvalue weighted by atomic mass is 10.1. The highest BCUT2D eigenvalue weighted by atomic mass is 16.7. The van der Waals surface area contributed by atoms with Gasteiger partial charge in [0, 0.05) is 24.3 Å². The normalized spacial score (nSPS) is 15.2. The van der Waals surface area contributed by atoms with Crippen LogP contribution in [-0.2, 0) is 16.0 Å². The van der Waals surface area contributed by atoms with Gasteiger partial charge in [-0.05, 0) is 35.9 Å². The molecule has 6 nitrogen and oxygen atoms in total. The minimum atomic E-state index is -0.124. The molecule has 1 N–H and O–H groups in total. The maximum atomic E-state index is 12.2. The Morgan fingerprint density at radius 3 is 2.79 bits per heavy atom. The molecular formula is C18H16N2O4. The van der Waals surface area contributed by atoms with E-state index in [-0.39, 0.29) is 25.0 Å². The van der Waals surface area contributed by atoms with Gasteiger partial charge in [0.1, 0.15) is 0 Å². The highest BCUT2D eigenvalue weighted by Gasteiger charge is 2.25. The van der Waals surface area contributed by atoms with Gasteiger partial charge in [-0.3, -0.25) is 9.59 Å². The molecule has 0 saturated carbocycles. The first-order valence-electron chi connectivity index (χ1n) is 7.78. The quantitative estimate of drug-likeness (QED) is 0.877. The van der Waals surface area contributed by atoms with Gasteiger partial charge >= 0.3 is 0 Å². The molecule has 0 atom stereocenters. The molecule has 2 aliphatic rings. The van der Waals surface area contributed by atoms with Crippen LogP contribution in [-0.4, -0.2) is 25.2 Å². The highest BCUT2D eigenvalue weighted by Crippen LogP contribution is 2.32. The molecule has 122 valence electrons. The van der Waals surface area contributed by atoms with Crippen molar-refractivity contribution in [3.8, 4) is 11.5 Å². The summed E-state index contributed by atoms with van der Waals surface area (Å²) in [7, 11) is 0. The third-order valence-electron chi connectivity index (χ3n) is 4.09. The number of carbonyl (C=O) groups excluding carboxylic acids is 2. The Kier molecular flexibility index (Phi) is 3.57. The van der Waals surface area contributed by atoms with Gasteiger partial charge in [0.15, 0.2) is 11.5 Å². The lowest BCUT2D eigenvalue weighted by Crippen LogP contribution is -2.43. The third-order valence-corrected chi connectivity index (χ3v) is 4.09. The van der Waals surface area contributed by atoms with Crippen LogP contribution in [0.5, 0.6) is 11.5 Å². The van der Waals surface area contributed by atoms with Crippen LogP contribution in [0.15, 0.2) is 42.5 Å². The Bertz CT molecular complexity index is 818. The fraction of sp³-hybridized carbons (Fsp3) is 0.222. The number of ether oxygens (including phenoxy) is 2. The average molecular weight is 324 g/mol. The van der Waals surface area contributed by atoms with Crippen LogP contribution in [0, 0.1) is 0 Å². The number of amides is 2. The predicted molar refractivity (Wildman–Crippen MR) is 88.3 cm³/mol. The van der Waals surface area contributed by atoms with Crippen LogP contribution >= 0.6 is 0 Å². The molecule has 0 radical (unpaired) electrons. The van der Waals surface area contributed by atoms with Gasteiger partial charge < -0.3 is 19.7 Å². The van der Waals surface area contributed by atoms with Crippen molar-refractivity contribution < 1.29 is 19.1 Å². The number of nitrogens with one attached hydrogen (secondary N) is 1. The SMILES string of the molecule is O=C(Cc1ccc2c(c1)OCO2)Nc1cccc(N2CCC2=O)c1. The molecule has 0 aromatic heterocycles. The van der Waals surface area contributed by atoms with Crippen LogP contribution in [0.4, 0.5) is 11.4 Å². The molecule has 2 aromatic carbocycles. The summed E-state index contributed by atoms with van der Waals surface area (Å²) in [6, 6.07) is 12.8. The second kappa shape index (κ2) is 5.88. The maximum absolute atomic E-state index is 12.2. The minimum Gasteiger partial charge on any atom is -0.454 e. The zero-order valence-electron chi connectivity index (χ0n) is 13.0. The summed E-state index contributed by atoms with van der Waals surface area (Å²) in [5.41, 5.74) is 2.34. The molecule has 0 spiro atoms. The first kappa shape index (κ1) is 14.6. The second-order valence-electron chi connectivity index (χ2n) is 5.76. The Morgan fingerprint density at radius 1 is 1.12 bits per heavy atom. The summed E-state index contributed by atoms with van der Waals surface area (Å²) in [5, 5.41) is 2.87. The molecule has 0 bridgehead atoms. The number of β-lactam (4-membered cyclic amide) rings is 1. The smallest absolute Gasteiger partial charge is 0.231 e. The molecule has 2 amide bonds. The van der Waals surface area contributed by atoms with E-state index in [0.717, 1.165) is 17.8 Å². The van der Waals surface area contributed by atoms with Crippen LogP contribution in [0.1, 0.15) is 12.0 Å². The first-order valence-corrected chi connectivity index (χ1v) is 7.78. The molecule has 1 saturated heterocycles. The van der Waals surface area contributed by atoms with E-state index in [1.807, 2.05) is 36.4 Å². The molecule has 6 heteroatoms. The van der Waals surface area contributed by atoms with Gasteiger partial charge in [0.2, 0.25) is 18.6 Å². The fourth-order valence-electron chi connectivity index (χ4n) is 2.78. The van der Waals surface area contributed by atoms with Gasteiger partial charge in [-0.2, -0.15) is 0 Å². The van der Waals surface area contributed by atoms with E-state index in [1.54, 1.807) is 11.0 Å². The van der Waals surface area contributed by atoms with Crippen molar-refractivity contribution in [2.24, 2.45) is 0 Å². The predicted octanol–water partition coefficient (Wildman–Crippen LogP) is 2.33. The van der Waals surface area contributed by atoms with Crippen LogP contribution in [0.2, 0.25) is 0 Å². The van der Waals surface area contributed by atoms with E-state index in [9.17, 15) is 9.59 Å². The number of hydrogen-bond acceptors (Lipinski definition) is 4. The average Bonchev–Trinajstić information content (AvgIpc) is 3.01. The van der Waals surface area contributed by atoms with Gasteiger partial charge in [0.25, 0.3) is 0 Å². The van der Waals surface area contributed by atoms with Crippen molar-refractivity contribution in [3.63, 3.8) is 0 Å². The molecule has 24 heavy (non-hydrogen) atoms. The lowest BCUT2D eigenvalue weighted by molar-refractivity contribution is -0.122. The van der Waals surface area contributed by atoms with Crippen molar-refractivity contribution in [2.45, 2.75) is 12.8 Å². The highest BCUT2D eigenvalue weighted by molar-refractivity contribution is 6.00. The molecule has 2 heterocycles. The van der Waals surface area contributed by atoms with Crippen LogP contribution < -0.4 is 19.7 Å². The Balaban J connectivity index is 1.42. The van der Waals surface area contributed by atoms with E-state index < -0.39 is 0 Å². The van der Waals surface area contributed by atoms with Gasteiger partial charge in [-0.15, -0.1) is 0 Å². The number of benzene rings is 2. The van der Waals surface area contributed by atoms with Gasteiger partial charge in [-0.25, -0.2) is 0 Å². The topological polar surface area (TPSA) is 67.9 Å². The zero-order valence-corrected chi connectivity index (χ0v) is 13.0. The summed E-state index contributed by atoms with van der Waals surface area (Å²) >= 11 is 0. The molecule has 1 fully saturated rings. The summed E-state index contributed by atoms with van der Waals surface area (Å²) < 4.78 is 10.6. The monoisotopic (exact) mass is 324 g/mol. The maximum Gasteiger partial charge on any atom is 0.231 e. The van der Waals surface area contributed by atoms with Crippen molar-refractivity contribution >= 4 is 23.2 Å². The molecule has 2 aliphatic heterocycles. The third kappa shape index (κ3) is 2.78. The lowest BCUT2D eigenvalue weighted by Gasteiger charge is -2.30. The van der Waals surface area contributed by atoms with E-state index in [0.29, 0.717) is 23.6 Å². The van der Waals surface area contributed by atoms with E-state index in [2.05, 4.69) is 5.32 Å². The molecule has 2 aromatic rings. The van der Waals surface area contributed by atoms with Crippen molar-refractivity contribution in [1.82, 2.24) is 0 Å². The number of rotatable bonds is 4. The Morgan fingerprint density at radius 2 is 2.00 bits per heavy atom. The molecule has 0 aliphatic carbocycles. The summed E-state index contributed by atoms with van der Waals surface area (Å²) in [6.45, 7) is 0.945. The second-order valence-corrected chi connectivity index (χ2v) is 5.76. The largest absolute Gasteiger partial charge is 0.454 e. The van der Waals surface area contributed by atoms with Crippen molar-refractivity contribution in [3.05, 3.63) is 48.0 Å². The number of carbonyl (C=O) groups is 2. The summed E-state index contributed by atoms with van der Waals surface area (Å²) in [5.74, 6) is 1.35. The van der Waals surface area contributed by atoms with Gasteiger partial charge in [-0.1, -0.05) is 12.1 Å². The fourth-order valence-corrected chi connectivity index (χ4v) is 2.78. The van der Waals surface area contributed by atoms with E-state index in [4.69, 9.17) is 9.47 Å². The van der Waals surface area contributed by atoms with Crippen LogP contribution in [0.3, 0.4) is 0 Å². The van der Waals surface area contributed by atoms with E-state index in [1.165, 1.54) is 0 Å². The first-order chi connectivity index (χ1) is 11.7. The number of anilines is 2. The minimum absolute atomic E-state index is 0.110. The van der Waals surface area contributed by atoms with Gasteiger partial charge in [0.05, 0.1) is 6.42 Å². The zero-order chi connectivity index (χ0) is 16.5. The molecule has 4 rings (SSSR count). The summed E-state index contributed by atoms with van der Waals surface area (Å²) in [6.07, 6.45) is 0.824. The number of nitrogens with zero attached hydrogens (tertiary/aromatic N) is 1. The van der Waals surface area contributed by atoms with Crippen molar-refractivity contribution in [2.75, 3.05) is 23.6 Å². The Hall–Kier alpha value is -3.02. The number of fused-ring (bicyclic) bond motifs is 1. The molecule has 0 unspecified atom stereocenters. The molecular weight excluding hydrogens is 308 g/mol.